The molecule has 2 aromatic carbocycles. The minimum absolute atomic E-state index is 0.566. The largest absolute Gasteiger partial charge is 0.397 e. The highest BCUT2D eigenvalue weighted by atomic mass is 35.5. The van der Waals surface area contributed by atoms with Crippen molar-refractivity contribution >= 4 is 40.1 Å². The lowest BCUT2D eigenvalue weighted by Crippen LogP contribution is -1.89. The van der Waals surface area contributed by atoms with Gasteiger partial charge in [-0.3, -0.25) is 0 Å². The molecule has 0 fully saturated rings. The van der Waals surface area contributed by atoms with Crippen molar-refractivity contribution in [2.75, 3.05) is 5.73 Å². The lowest BCUT2D eigenvalue weighted by molar-refractivity contribution is 1.08. The summed E-state index contributed by atoms with van der Waals surface area (Å²) >= 11 is 7.47. The van der Waals surface area contributed by atoms with Crippen LogP contribution in [0.25, 0.3) is 11.0 Å². The van der Waals surface area contributed by atoms with Gasteiger partial charge in [-0.2, -0.15) is 0 Å². The number of H-pyrrole nitrogens is 1. The topological polar surface area (TPSA) is 54.7 Å². The number of nitrogens with zero attached hydrogens (tertiary/aromatic N) is 1. The van der Waals surface area contributed by atoms with E-state index in [1.54, 1.807) is 6.07 Å². The molecule has 0 saturated heterocycles. The van der Waals surface area contributed by atoms with Gasteiger partial charge in [-0.15, -0.1) is 0 Å². The molecular formula is C13H10ClN3S. The molecule has 0 bridgehead atoms. The second kappa shape index (κ2) is 4.55. The Kier molecular flexibility index (Phi) is 2.89. The van der Waals surface area contributed by atoms with Crippen molar-refractivity contribution in [1.82, 2.24) is 9.97 Å². The summed E-state index contributed by atoms with van der Waals surface area (Å²) in [6.45, 7) is 0. The van der Waals surface area contributed by atoms with Gasteiger partial charge in [0.2, 0.25) is 0 Å². The van der Waals surface area contributed by atoms with Crippen molar-refractivity contribution in [3.8, 4) is 0 Å². The molecule has 0 saturated carbocycles. The van der Waals surface area contributed by atoms with E-state index in [-0.39, 0.29) is 0 Å². The van der Waals surface area contributed by atoms with Gasteiger partial charge < -0.3 is 10.7 Å². The molecule has 0 atom stereocenters. The maximum Gasteiger partial charge on any atom is 0.171 e. The summed E-state index contributed by atoms with van der Waals surface area (Å²) in [4.78, 5) is 8.64. The predicted octanol–water partition coefficient (Wildman–Crippen LogP) is 3.95. The van der Waals surface area contributed by atoms with E-state index in [9.17, 15) is 0 Å². The number of fused-ring (bicyclic) bond motifs is 1. The first-order valence-electron chi connectivity index (χ1n) is 5.40. The van der Waals surface area contributed by atoms with Crippen molar-refractivity contribution in [2.45, 2.75) is 10.1 Å². The van der Waals surface area contributed by atoms with E-state index in [4.69, 9.17) is 17.3 Å². The molecule has 3 aromatic rings. The molecule has 90 valence electrons. The van der Waals surface area contributed by atoms with Crippen LogP contribution in [-0.4, -0.2) is 9.97 Å². The summed E-state index contributed by atoms with van der Waals surface area (Å²) < 4.78 is 0. The maximum atomic E-state index is 5.99. The van der Waals surface area contributed by atoms with Crippen LogP contribution in [0.2, 0.25) is 5.02 Å². The molecule has 0 radical (unpaired) electrons. The van der Waals surface area contributed by atoms with Crippen LogP contribution in [0.4, 0.5) is 5.69 Å². The first-order valence-corrected chi connectivity index (χ1v) is 6.60. The third-order valence-electron chi connectivity index (χ3n) is 2.59. The molecule has 0 aliphatic carbocycles. The number of nitrogen functional groups attached to an aromatic ring is 1. The standard InChI is InChI=1S/C13H10ClN3S/c14-8-4-3-7-11(12(8)15)18-13-16-9-5-1-2-6-10(9)17-13/h1-7H,15H2,(H,16,17). The number of benzene rings is 2. The number of aromatic nitrogens is 2. The van der Waals surface area contributed by atoms with Gasteiger partial charge in [0.1, 0.15) is 0 Å². The molecule has 0 aliphatic heterocycles. The number of hydrogen-bond acceptors (Lipinski definition) is 3. The Morgan fingerprint density at radius 2 is 1.94 bits per heavy atom. The predicted molar refractivity (Wildman–Crippen MR) is 76.1 cm³/mol. The fourth-order valence-electron chi connectivity index (χ4n) is 1.69. The summed E-state index contributed by atoms with van der Waals surface area (Å²) in [7, 11) is 0. The van der Waals surface area contributed by atoms with E-state index in [0.717, 1.165) is 21.1 Å². The van der Waals surface area contributed by atoms with Crippen molar-refractivity contribution in [1.29, 1.82) is 0 Å². The van der Waals surface area contributed by atoms with Gasteiger partial charge in [0.25, 0.3) is 0 Å². The van der Waals surface area contributed by atoms with Crippen LogP contribution in [0.3, 0.4) is 0 Å². The van der Waals surface area contributed by atoms with Gasteiger partial charge in [-0.25, -0.2) is 4.98 Å². The number of aromatic amines is 1. The lowest BCUT2D eigenvalue weighted by Gasteiger charge is -2.04. The number of nitrogens with one attached hydrogen (secondary N) is 1. The molecule has 18 heavy (non-hydrogen) atoms. The summed E-state index contributed by atoms with van der Waals surface area (Å²) in [5.41, 5.74) is 8.48. The second-order valence-electron chi connectivity index (χ2n) is 3.81. The Bertz CT molecular complexity index is 675. The van der Waals surface area contributed by atoms with Crippen molar-refractivity contribution < 1.29 is 0 Å². The van der Waals surface area contributed by atoms with E-state index in [2.05, 4.69) is 9.97 Å². The third kappa shape index (κ3) is 2.05. The van der Waals surface area contributed by atoms with E-state index < -0.39 is 0 Å². The monoisotopic (exact) mass is 275 g/mol. The molecule has 3 rings (SSSR count). The average molecular weight is 276 g/mol. The van der Waals surface area contributed by atoms with Crippen LogP contribution in [0.15, 0.2) is 52.5 Å². The Morgan fingerprint density at radius 1 is 1.11 bits per heavy atom. The zero-order chi connectivity index (χ0) is 12.5. The average Bonchev–Trinajstić information content (AvgIpc) is 2.77. The zero-order valence-electron chi connectivity index (χ0n) is 9.35. The molecule has 5 heteroatoms. The fraction of sp³-hybridized carbons (Fsp3) is 0. The van der Waals surface area contributed by atoms with Gasteiger partial charge >= 0.3 is 0 Å². The highest BCUT2D eigenvalue weighted by molar-refractivity contribution is 7.99. The highest BCUT2D eigenvalue weighted by Crippen LogP contribution is 2.34. The van der Waals surface area contributed by atoms with Crippen LogP contribution in [0.1, 0.15) is 0 Å². The summed E-state index contributed by atoms with van der Waals surface area (Å²) in [6, 6.07) is 13.5. The Hall–Kier alpha value is -1.65. The number of anilines is 1. The minimum Gasteiger partial charge on any atom is -0.397 e. The number of halogens is 1. The molecule has 3 nitrogen and oxygen atoms in total. The summed E-state index contributed by atoms with van der Waals surface area (Å²) in [5, 5.41) is 1.38. The van der Waals surface area contributed by atoms with Gasteiger partial charge in [0.05, 0.1) is 21.7 Å². The van der Waals surface area contributed by atoms with E-state index >= 15 is 0 Å². The van der Waals surface area contributed by atoms with Crippen LogP contribution in [-0.2, 0) is 0 Å². The minimum atomic E-state index is 0.566. The van der Waals surface area contributed by atoms with E-state index in [0.29, 0.717) is 10.7 Å². The molecule has 1 heterocycles. The second-order valence-corrected chi connectivity index (χ2v) is 5.25. The molecule has 0 spiro atoms. The normalized spacial score (nSPS) is 10.9. The van der Waals surface area contributed by atoms with Crippen molar-refractivity contribution in [3.63, 3.8) is 0 Å². The zero-order valence-corrected chi connectivity index (χ0v) is 10.9. The molecular weight excluding hydrogens is 266 g/mol. The van der Waals surface area contributed by atoms with Crippen LogP contribution >= 0.6 is 23.4 Å². The number of imidazole rings is 1. The number of rotatable bonds is 2. The molecule has 0 aliphatic rings. The van der Waals surface area contributed by atoms with Crippen LogP contribution in [0, 0.1) is 0 Å². The Balaban J connectivity index is 1.99. The first-order chi connectivity index (χ1) is 8.74. The van der Waals surface area contributed by atoms with Crippen molar-refractivity contribution in [3.05, 3.63) is 47.5 Å². The van der Waals surface area contributed by atoms with E-state index in [1.165, 1.54) is 11.8 Å². The number of hydrogen-bond donors (Lipinski definition) is 2. The number of nitrogens with two attached hydrogens (primary N) is 1. The van der Waals surface area contributed by atoms with Crippen LogP contribution < -0.4 is 5.73 Å². The van der Waals surface area contributed by atoms with E-state index in [1.807, 2.05) is 36.4 Å². The van der Waals surface area contributed by atoms with Crippen molar-refractivity contribution in [2.24, 2.45) is 0 Å². The van der Waals surface area contributed by atoms with Crippen LogP contribution in [0.5, 0.6) is 0 Å². The highest BCUT2D eigenvalue weighted by Gasteiger charge is 2.08. The molecule has 1 aromatic heterocycles. The number of para-hydroxylation sites is 3. The maximum absolute atomic E-state index is 5.99. The molecule has 0 amide bonds. The molecule has 0 unspecified atom stereocenters. The summed E-state index contributed by atoms with van der Waals surface area (Å²) in [5.74, 6) is 0. The molecule has 3 N–H and O–H groups in total. The lowest BCUT2D eigenvalue weighted by atomic mass is 10.3. The van der Waals surface area contributed by atoms with Gasteiger partial charge in [0.15, 0.2) is 5.16 Å². The quantitative estimate of drug-likeness (QED) is 0.696. The van der Waals surface area contributed by atoms with Gasteiger partial charge in [-0.05, 0) is 36.0 Å². The third-order valence-corrected chi connectivity index (χ3v) is 3.88. The summed E-state index contributed by atoms with van der Waals surface area (Å²) in [6.07, 6.45) is 0. The smallest absolute Gasteiger partial charge is 0.171 e. The first kappa shape index (κ1) is 11.4. The fourth-order valence-corrected chi connectivity index (χ4v) is 2.80. The Morgan fingerprint density at radius 3 is 2.78 bits per heavy atom. The van der Waals surface area contributed by atoms with Gasteiger partial charge in [0, 0.05) is 4.90 Å². The van der Waals surface area contributed by atoms with Gasteiger partial charge in [-0.1, -0.05) is 29.8 Å². The SMILES string of the molecule is Nc1c(Cl)cccc1Sc1nc2ccccc2[nH]1. The Labute approximate surface area is 113 Å².